The molecule has 1 aliphatic heterocycles. The lowest BCUT2D eigenvalue weighted by atomic mass is 9.86. The van der Waals surface area contributed by atoms with Crippen LogP contribution in [0.15, 0.2) is 60.7 Å². The van der Waals surface area contributed by atoms with Crippen molar-refractivity contribution in [1.82, 2.24) is 10.2 Å². The van der Waals surface area contributed by atoms with Gasteiger partial charge in [-0.25, -0.2) is 13.6 Å². The Hall–Kier alpha value is -3.95. The van der Waals surface area contributed by atoms with E-state index in [4.69, 9.17) is 5.73 Å². The first-order chi connectivity index (χ1) is 18.6. The van der Waals surface area contributed by atoms with Crippen molar-refractivity contribution in [3.8, 4) is 0 Å². The highest BCUT2D eigenvalue weighted by atomic mass is 19.1. The molecule has 0 saturated heterocycles. The molecule has 0 spiro atoms. The summed E-state index contributed by atoms with van der Waals surface area (Å²) in [4.78, 5) is 40.0. The minimum Gasteiger partial charge on any atom is -0.480 e. The Morgan fingerprint density at radius 2 is 1.62 bits per heavy atom. The number of hydrogen-bond acceptors (Lipinski definition) is 5. The molecule has 3 atom stereocenters. The molecule has 7 nitrogen and oxygen atoms in total. The fraction of sp³-hybridized carbons (Fsp3) is 0.300. The van der Waals surface area contributed by atoms with Crippen molar-refractivity contribution in [2.75, 3.05) is 6.54 Å². The van der Waals surface area contributed by atoms with Gasteiger partial charge in [0.25, 0.3) is 11.8 Å². The molecule has 2 amide bonds. The summed E-state index contributed by atoms with van der Waals surface area (Å²) in [6, 6.07) is 13.0. The van der Waals surface area contributed by atoms with Crippen molar-refractivity contribution in [3.63, 3.8) is 0 Å². The highest BCUT2D eigenvalue weighted by Crippen LogP contribution is 2.30. The molecule has 1 unspecified atom stereocenters. The molecule has 3 aromatic carbocycles. The molecule has 1 aliphatic rings. The average molecular weight is 536 g/mol. The number of nitrogens with two attached hydrogens (primary N) is 1. The summed E-state index contributed by atoms with van der Waals surface area (Å²) < 4.78 is 27.7. The highest BCUT2D eigenvalue weighted by Gasteiger charge is 2.47. The van der Waals surface area contributed by atoms with Crippen LogP contribution in [0.5, 0.6) is 0 Å². The van der Waals surface area contributed by atoms with Gasteiger partial charge in [-0.05, 0) is 60.7 Å². The maximum Gasteiger partial charge on any atom is 0.327 e. The topological polar surface area (TPSA) is 113 Å². The lowest BCUT2D eigenvalue weighted by Gasteiger charge is -2.34. The van der Waals surface area contributed by atoms with Crippen molar-refractivity contribution in [1.29, 1.82) is 0 Å². The van der Waals surface area contributed by atoms with E-state index in [1.807, 2.05) is 31.2 Å². The quantitative estimate of drug-likeness (QED) is 0.322. The number of benzene rings is 3. The zero-order valence-electron chi connectivity index (χ0n) is 21.8. The smallest absolute Gasteiger partial charge is 0.327 e. The van der Waals surface area contributed by atoms with E-state index in [1.54, 1.807) is 19.1 Å². The summed E-state index contributed by atoms with van der Waals surface area (Å²) in [6.45, 7) is 4.22. The van der Waals surface area contributed by atoms with E-state index in [9.17, 15) is 28.3 Å². The van der Waals surface area contributed by atoms with Crippen LogP contribution >= 0.6 is 0 Å². The number of nitrogens with one attached hydrogen (secondary N) is 1. The predicted octanol–water partition coefficient (Wildman–Crippen LogP) is 3.86. The summed E-state index contributed by atoms with van der Waals surface area (Å²) in [6.07, 6.45) is 0.782. The van der Waals surface area contributed by atoms with E-state index in [2.05, 4.69) is 5.32 Å². The molecule has 39 heavy (non-hydrogen) atoms. The Morgan fingerprint density at radius 1 is 0.949 bits per heavy atom. The second-order valence-electron chi connectivity index (χ2n) is 9.93. The number of halogens is 2. The third-order valence-electron chi connectivity index (χ3n) is 7.06. The molecule has 0 fully saturated rings. The summed E-state index contributed by atoms with van der Waals surface area (Å²) in [5, 5.41) is 13.5. The van der Waals surface area contributed by atoms with E-state index in [0.29, 0.717) is 6.54 Å². The zero-order chi connectivity index (χ0) is 28.3. The van der Waals surface area contributed by atoms with Crippen LogP contribution < -0.4 is 11.1 Å². The maximum atomic E-state index is 13.9. The van der Waals surface area contributed by atoms with Gasteiger partial charge in [-0.1, -0.05) is 42.8 Å². The molecule has 4 N–H and O–H groups in total. The first-order valence-electron chi connectivity index (χ1n) is 12.8. The number of hydrogen-bond donors (Lipinski definition) is 3. The number of aryl methyl sites for hydroxylation is 2. The Bertz CT molecular complexity index is 1390. The molecule has 0 bridgehead atoms. The van der Waals surface area contributed by atoms with Gasteiger partial charge in [0, 0.05) is 31.1 Å². The normalized spacial score (nSPS) is 15.3. The molecule has 9 heteroatoms. The van der Waals surface area contributed by atoms with Crippen LogP contribution in [0, 0.1) is 24.5 Å². The van der Waals surface area contributed by atoms with Gasteiger partial charge in [0.2, 0.25) is 0 Å². The maximum absolute atomic E-state index is 13.9. The van der Waals surface area contributed by atoms with E-state index >= 15 is 0 Å². The molecular formula is C30H31F2N3O4. The molecule has 0 aromatic heterocycles. The first-order valence-corrected chi connectivity index (χ1v) is 12.8. The predicted molar refractivity (Wildman–Crippen MR) is 142 cm³/mol. The number of imide groups is 1. The van der Waals surface area contributed by atoms with Gasteiger partial charge in [0.05, 0.1) is 11.1 Å². The lowest BCUT2D eigenvalue weighted by Crippen LogP contribution is -2.57. The number of carboxylic acid groups (broad SMARTS) is 1. The molecule has 0 saturated carbocycles. The molecule has 0 radical (unpaired) electrons. The molecule has 4 rings (SSSR count). The monoisotopic (exact) mass is 535 g/mol. The summed E-state index contributed by atoms with van der Waals surface area (Å²) in [5.74, 6) is -5.38. The first kappa shape index (κ1) is 28.1. The molecule has 1 heterocycles. The summed E-state index contributed by atoms with van der Waals surface area (Å²) >= 11 is 0. The zero-order valence-corrected chi connectivity index (χ0v) is 21.8. The van der Waals surface area contributed by atoms with Gasteiger partial charge in [0.15, 0.2) is 0 Å². The number of carboxylic acids is 1. The fourth-order valence-electron chi connectivity index (χ4n) is 5.10. The van der Waals surface area contributed by atoms with E-state index in [0.717, 1.165) is 46.2 Å². The van der Waals surface area contributed by atoms with E-state index in [1.165, 1.54) is 6.07 Å². The molecular weight excluding hydrogens is 504 g/mol. The average Bonchev–Trinajstić information content (AvgIpc) is 3.11. The van der Waals surface area contributed by atoms with Gasteiger partial charge >= 0.3 is 5.97 Å². The van der Waals surface area contributed by atoms with Crippen LogP contribution in [-0.4, -0.2) is 46.4 Å². The standard InChI is InChI=1S/C30H31F2N3O4/c1-3-18-5-4-6-19(10-18)15-34-16-25(26(33)13-20-11-21(31)14-22(32)12-20)27(30(38)39)35-28(36)23-8-7-17(2)9-24(23)29(35)37/h4-12,14,25-27,34H,3,13,15-16,33H2,1-2H3,(H,38,39)/t25-,26+,27?/m1/s1. The number of amides is 2. The van der Waals surface area contributed by atoms with Gasteiger partial charge in [-0.15, -0.1) is 0 Å². The largest absolute Gasteiger partial charge is 0.480 e. The van der Waals surface area contributed by atoms with Crippen LogP contribution in [0.4, 0.5) is 8.78 Å². The number of carbonyl (C=O) groups excluding carboxylic acids is 2. The van der Waals surface area contributed by atoms with Crippen LogP contribution in [0.25, 0.3) is 0 Å². The van der Waals surface area contributed by atoms with E-state index in [-0.39, 0.29) is 29.7 Å². The van der Waals surface area contributed by atoms with Crippen molar-refractivity contribution >= 4 is 17.8 Å². The Labute approximate surface area is 225 Å². The van der Waals surface area contributed by atoms with Gasteiger partial charge in [-0.3, -0.25) is 14.5 Å². The minimum absolute atomic E-state index is 0.0265. The number of fused-ring (bicyclic) bond motifs is 1. The molecule has 3 aromatic rings. The number of carbonyl (C=O) groups is 3. The van der Waals surface area contributed by atoms with Crippen molar-refractivity contribution in [2.24, 2.45) is 11.7 Å². The van der Waals surface area contributed by atoms with Crippen molar-refractivity contribution in [2.45, 2.75) is 45.3 Å². The fourth-order valence-corrected chi connectivity index (χ4v) is 5.10. The molecule has 204 valence electrons. The second kappa shape index (κ2) is 11.8. The Balaban J connectivity index is 1.65. The third-order valence-corrected chi connectivity index (χ3v) is 7.06. The van der Waals surface area contributed by atoms with Crippen LogP contribution in [0.2, 0.25) is 0 Å². The molecule has 0 aliphatic carbocycles. The number of rotatable bonds is 11. The number of aliphatic carboxylic acids is 1. The SMILES string of the molecule is CCc1cccc(CNC[C@@H](C(C(=O)O)N2C(=O)c3ccc(C)cc3C2=O)[C@@H](N)Cc2cc(F)cc(F)c2)c1. The van der Waals surface area contributed by atoms with Gasteiger partial charge < -0.3 is 16.2 Å². The van der Waals surface area contributed by atoms with E-state index < -0.39 is 47.4 Å². The highest BCUT2D eigenvalue weighted by molar-refractivity contribution is 6.22. The Kier molecular flexibility index (Phi) is 8.52. The van der Waals surface area contributed by atoms with Crippen LogP contribution in [0.1, 0.15) is 49.9 Å². The summed E-state index contributed by atoms with van der Waals surface area (Å²) in [7, 11) is 0. The lowest BCUT2D eigenvalue weighted by molar-refractivity contribution is -0.143. The van der Waals surface area contributed by atoms with Crippen molar-refractivity contribution in [3.05, 3.63) is 106 Å². The van der Waals surface area contributed by atoms with Gasteiger partial charge in [-0.2, -0.15) is 0 Å². The van der Waals surface area contributed by atoms with Crippen molar-refractivity contribution < 1.29 is 28.3 Å². The van der Waals surface area contributed by atoms with Crippen LogP contribution in [0.3, 0.4) is 0 Å². The minimum atomic E-state index is -1.61. The van der Waals surface area contributed by atoms with Gasteiger partial charge in [0.1, 0.15) is 17.7 Å². The van der Waals surface area contributed by atoms with Crippen LogP contribution in [-0.2, 0) is 24.2 Å². The second-order valence-corrected chi connectivity index (χ2v) is 9.93. The third kappa shape index (κ3) is 6.21. The number of nitrogens with zero attached hydrogens (tertiary/aromatic N) is 1. The summed E-state index contributed by atoms with van der Waals surface area (Å²) in [5.41, 5.74) is 9.86. The Morgan fingerprint density at radius 3 is 2.28 bits per heavy atom.